The molecule has 1 fully saturated rings. The minimum Gasteiger partial charge on any atom is -0.356 e. The highest BCUT2D eigenvalue weighted by Crippen LogP contribution is 2.30. The van der Waals surface area contributed by atoms with Gasteiger partial charge in [0.2, 0.25) is 0 Å². The molecule has 1 aliphatic rings. The number of benzene rings is 1. The van der Waals surface area contributed by atoms with Crippen molar-refractivity contribution in [2.24, 2.45) is 0 Å². The van der Waals surface area contributed by atoms with E-state index in [0.717, 1.165) is 4.90 Å². The van der Waals surface area contributed by atoms with Crippen molar-refractivity contribution in [2.45, 2.75) is 29.8 Å². The predicted molar refractivity (Wildman–Crippen MR) is 56.3 cm³/mol. The van der Waals surface area contributed by atoms with Gasteiger partial charge in [-0.2, -0.15) is 0 Å². The highest BCUT2D eigenvalue weighted by molar-refractivity contribution is 8.00. The molecule has 3 heteroatoms. The zero-order chi connectivity index (χ0) is 9.97. The summed E-state index contributed by atoms with van der Waals surface area (Å²) in [4.78, 5) is 12.5. The molecule has 1 aliphatic heterocycles. The van der Waals surface area contributed by atoms with E-state index in [1.54, 1.807) is 0 Å². The largest absolute Gasteiger partial charge is 0.356 e. The summed E-state index contributed by atoms with van der Waals surface area (Å²) in [5.41, 5.74) is -0.299. The van der Waals surface area contributed by atoms with Gasteiger partial charge in [0, 0.05) is 11.3 Å². The lowest BCUT2D eigenvalue weighted by atomic mass is 10.2. The molecule has 1 heterocycles. The Labute approximate surface area is 87.6 Å². The van der Waals surface area contributed by atoms with Gasteiger partial charge < -0.3 is 4.74 Å². The van der Waals surface area contributed by atoms with E-state index in [2.05, 4.69) is 0 Å². The molecule has 0 bridgehead atoms. The number of ether oxygens (including phenoxy) is 1. The average Bonchev–Trinajstić information content (AvgIpc) is 2.47. The second kappa shape index (κ2) is 4.15. The average molecular weight is 208 g/mol. The highest BCUT2D eigenvalue weighted by atomic mass is 32.2. The van der Waals surface area contributed by atoms with Crippen molar-refractivity contribution in [2.75, 3.05) is 0 Å². The zero-order valence-corrected chi connectivity index (χ0v) is 8.79. The van der Waals surface area contributed by atoms with Crippen molar-refractivity contribution in [3.63, 3.8) is 0 Å². The van der Waals surface area contributed by atoms with Gasteiger partial charge in [0.25, 0.3) is 0 Å². The Morgan fingerprint density at radius 1 is 1.36 bits per heavy atom. The fourth-order valence-electron chi connectivity index (χ4n) is 1.43. The summed E-state index contributed by atoms with van der Waals surface area (Å²) < 4.78 is 5.49. The Hall–Kier alpha value is -0.800. The lowest BCUT2D eigenvalue weighted by molar-refractivity contribution is -0.119. The molecule has 2 rings (SSSR count). The summed E-state index contributed by atoms with van der Waals surface area (Å²) in [6, 6.07) is 9.87. The zero-order valence-electron chi connectivity index (χ0n) is 7.97. The molecule has 1 aromatic rings. The third-order valence-corrected chi connectivity index (χ3v) is 3.23. The summed E-state index contributed by atoms with van der Waals surface area (Å²) >= 11 is 1.49. The van der Waals surface area contributed by atoms with E-state index < -0.39 is 0 Å². The molecule has 2 atom stereocenters. The molecule has 0 N–H and O–H groups in total. The maximum atomic E-state index is 11.4. The van der Waals surface area contributed by atoms with E-state index in [9.17, 15) is 4.79 Å². The first kappa shape index (κ1) is 9.74. The van der Waals surface area contributed by atoms with Crippen molar-refractivity contribution < 1.29 is 9.53 Å². The first-order valence-electron chi connectivity index (χ1n) is 4.65. The van der Waals surface area contributed by atoms with Gasteiger partial charge in [0.1, 0.15) is 0 Å². The Balaban J connectivity index is 2.02. The van der Waals surface area contributed by atoms with Gasteiger partial charge in [-0.15, -0.1) is 0 Å². The van der Waals surface area contributed by atoms with Gasteiger partial charge in [-0.3, -0.25) is 4.79 Å². The Morgan fingerprint density at radius 2 is 2.07 bits per heavy atom. The van der Waals surface area contributed by atoms with Crippen LogP contribution in [-0.2, 0) is 9.53 Å². The Morgan fingerprint density at radius 3 is 2.64 bits per heavy atom. The second-order valence-corrected chi connectivity index (χ2v) is 4.52. The molecule has 0 radical (unpaired) electrons. The lowest BCUT2D eigenvalue weighted by Crippen LogP contribution is -2.10. The van der Waals surface area contributed by atoms with Crippen molar-refractivity contribution >= 4 is 17.5 Å². The van der Waals surface area contributed by atoms with Gasteiger partial charge in [-0.1, -0.05) is 30.0 Å². The molecule has 0 aliphatic carbocycles. The predicted octanol–water partition coefficient (Wildman–Crippen LogP) is 2.48. The summed E-state index contributed by atoms with van der Waals surface area (Å²) in [6.45, 7) is 1.93. The van der Waals surface area contributed by atoms with Crippen LogP contribution in [0.1, 0.15) is 13.3 Å². The number of ketones is 1. The van der Waals surface area contributed by atoms with Crippen LogP contribution in [0.2, 0.25) is 0 Å². The monoisotopic (exact) mass is 208 g/mol. The van der Waals surface area contributed by atoms with Gasteiger partial charge in [0.05, 0.1) is 6.10 Å². The number of rotatable bonds is 2. The number of carbonyl (C=O) groups is 1. The molecule has 14 heavy (non-hydrogen) atoms. The number of thioether (sulfide) groups is 1. The van der Waals surface area contributed by atoms with Crippen LogP contribution in [0.15, 0.2) is 35.2 Å². The van der Waals surface area contributed by atoms with Crippen LogP contribution >= 0.6 is 11.8 Å². The molecule has 0 aromatic heterocycles. The third kappa shape index (κ3) is 2.16. The molecule has 0 amide bonds. The minimum absolute atomic E-state index is 0.0729. The lowest BCUT2D eigenvalue weighted by Gasteiger charge is -2.08. The van der Waals surface area contributed by atoms with E-state index in [4.69, 9.17) is 4.74 Å². The quantitative estimate of drug-likeness (QED) is 0.747. The van der Waals surface area contributed by atoms with Crippen molar-refractivity contribution in [3.05, 3.63) is 30.3 Å². The fraction of sp³-hybridized carbons (Fsp3) is 0.364. The molecule has 74 valence electrons. The summed E-state index contributed by atoms with van der Waals surface area (Å²) in [5, 5.41) is 0. The molecule has 1 saturated heterocycles. The van der Waals surface area contributed by atoms with Crippen molar-refractivity contribution in [1.82, 2.24) is 0 Å². The molecule has 0 spiro atoms. The van der Waals surface area contributed by atoms with Crippen LogP contribution in [0.3, 0.4) is 0 Å². The van der Waals surface area contributed by atoms with Crippen LogP contribution in [0.4, 0.5) is 0 Å². The van der Waals surface area contributed by atoms with Crippen LogP contribution in [-0.4, -0.2) is 17.3 Å². The van der Waals surface area contributed by atoms with Crippen molar-refractivity contribution in [3.8, 4) is 0 Å². The van der Waals surface area contributed by atoms with E-state index in [1.165, 1.54) is 11.8 Å². The normalized spacial score (nSPS) is 26.8. The van der Waals surface area contributed by atoms with Gasteiger partial charge in [-0.05, 0) is 19.1 Å². The van der Waals surface area contributed by atoms with E-state index in [1.807, 2.05) is 37.3 Å². The third-order valence-electron chi connectivity index (χ3n) is 2.09. The van der Waals surface area contributed by atoms with Crippen LogP contribution in [0, 0.1) is 0 Å². The molecular formula is C11H12O2S. The number of hydrogen-bond acceptors (Lipinski definition) is 3. The molecule has 0 saturated carbocycles. The van der Waals surface area contributed by atoms with Crippen molar-refractivity contribution in [1.29, 1.82) is 0 Å². The Kier molecular flexibility index (Phi) is 2.89. The number of hydrogen-bond donors (Lipinski definition) is 0. The van der Waals surface area contributed by atoms with Gasteiger partial charge >= 0.3 is 0 Å². The topological polar surface area (TPSA) is 26.3 Å². The first-order valence-corrected chi connectivity index (χ1v) is 5.53. The molecule has 2 nitrogen and oxygen atoms in total. The van der Waals surface area contributed by atoms with Gasteiger partial charge in [0.15, 0.2) is 11.2 Å². The molecule has 1 aromatic carbocycles. The fourth-order valence-corrected chi connectivity index (χ4v) is 2.47. The summed E-state index contributed by atoms with van der Waals surface area (Å²) in [5.74, 6) is 0.200. The summed E-state index contributed by atoms with van der Waals surface area (Å²) in [6.07, 6.45) is 0.619. The van der Waals surface area contributed by atoms with Crippen LogP contribution in [0.5, 0.6) is 0 Å². The summed E-state index contributed by atoms with van der Waals surface area (Å²) in [7, 11) is 0. The second-order valence-electron chi connectivity index (χ2n) is 3.38. The maximum Gasteiger partial charge on any atom is 0.174 e. The Bertz CT molecular complexity index is 323. The minimum atomic E-state index is -0.299. The highest BCUT2D eigenvalue weighted by Gasteiger charge is 2.31. The number of Topliss-reactive ketones (excluding diaryl/α,β-unsaturated/α-hetero) is 1. The van der Waals surface area contributed by atoms with Gasteiger partial charge in [-0.25, -0.2) is 0 Å². The maximum absolute atomic E-state index is 11.4. The van der Waals surface area contributed by atoms with Crippen LogP contribution < -0.4 is 0 Å². The van der Waals surface area contributed by atoms with E-state index in [0.29, 0.717) is 6.42 Å². The smallest absolute Gasteiger partial charge is 0.174 e. The molecule has 2 unspecified atom stereocenters. The first-order chi connectivity index (χ1) is 6.75. The molecular weight excluding hydrogens is 196 g/mol. The van der Waals surface area contributed by atoms with E-state index in [-0.39, 0.29) is 17.3 Å². The van der Waals surface area contributed by atoms with Crippen LogP contribution in [0.25, 0.3) is 0 Å². The number of carbonyl (C=O) groups excluding carboxylic acids is 1. The SMILES string of the molecule is CC1CC(=O)C(Sc2ccccc2)O1. The standard InChI is InChI=1S/C11H12O2S/c1-8-7-10(12)11(13-8)14-9-5-3-2-4-6-9/h2-6,8,11H,7H2,1H3. The van der Waals surface area contributed by atoms with E-state index >= 15 is 0 Å².